The summed E-state index contributed by atoms with van der Waals surface area (Å²) in [6.45, 7) is 0.299. The van der Waals surface area contributed by atoms with Gasteiger partial charge in [0.25, 0.3) is 0 Å². The molecule has 0 radical (unpaired) electrons. The number of benzene rings is 1. The molecule has 2 aromatic heterocycles. The van der Waals surface area contributed by atoms with Crippen molar-refractivity contribution in [2.24, 2.45) is 0 Å². The summed E-state index contributed by atoms with van der Waals surface area (Å²) in [6, 6.07) is 5.77. The van der Waals surface area contributed by atoms with Crippen LogP contribution in [0.4, 0.5) is 27.5 Å². The van der Waals surface area contributed by atoms with E-state index < -0.39 is 5.91 Å². The maximum Gasteiger partial charge on any atom is 0.245 e. The number of rotatable bonds is 7. The van der Waals surface area contributed by atoms with Crippen LogP contribution in [0, 0.1) is 5.82 Å². The van der Waals surface area contributed by atoms with Gasteiger partial charge in [-0.05, 0) is 24.3 Å². The van der Waals surface area contributed by atoms with Crippen molar-refractivity contribution in [2.45, 2.75) is 13.0 Å². The minimum atomic E-state index is -0.502. The van der Waals surface area contributed by atoms with E-state index in [1.165, 1.54) is 23.0 Å². The van der Waals surface area contributed by atoms with Gasteiger partial charge in [-0.25, -0.2) is 14.9 Å². The molecule has 140 valence electrons. The van der Waals surface area contributed by atoms with E-state index in [9.17, 15) is 9.18 Å². The van der Waals surface area contributed by atoms with Gasteiger partial charge < -0.3 is 10.6 Å². The van der Waals surface area contributed by atoms with Crippen molar-refractivity contribution in [1.82, 2.24) is 25.2 Å². The number of hydroxylamine groups is 1. The quantitative estimate of drug-likeness (QED) is 0.361. The SMILES string of the molecule is O=C(CCn1cc(Nc2ncc(Cl)c(Nc3ccc(F)cc3)n2)cn1)NO. The van der Waals surface area contributed by atoms with E-state index in [2.05, 4.69) is 25.7 Å². The van der Waals surface area contributed by atoms with E-state index >= 15 is 0 Å². The van der Waals surface area contributed by atoms with Crippen LogP contribution in [0.1, 0.15) is 6.42 Å². The van der Waals surface area contributed by atoms with Crippen LogP contribution in [0.5, 0.6) is 0 Å². The zero-order valence-electron chi connectivity index (χ0n) is 13.9. The number of hydrogen-bond acceptors (Lipinski definition) is 7. The molecule has 0 saturated heterocycles. The van der Waals surface area contributed by atoms with Crippen LogP contribution >= 0.6 is 11.6 Å². The highest BCUT2D eigenvalue weighted by Crippen LogP contribution is 2.24. The Morgan fingerprint density at radius 1 is 1.19 bits per heavy atom. The first kappa shape index (κ1) is 18.5. The molecule has 3 aromatic rings. The molecule has 0 aliphatic rings. The number of nitrogens with one attached hydrogen (secondary N) is 3. The van der Waals surface area contributed by atoms with Gasteiger partial charge in [0.1, 0.15) is 10.8 Å². The summed E-state index contributed by atoms with van der Waals surface area (Å²) in [4.78, 5) is 19.4. The topological polar surface area (TPSA) is 117 Å². The Balaban J connectivity index is 1.68. The molecule has 0 unspecified atom stereocenters. The summed E-state index contributed by atoms with van der Waals surface area (Å²) in [5, 5.41) is 18.8. The maximum atomic E-state index is 13.0. The van der Waals surface area contributed by atoms with E-state index in [4.69, 9.17) is 16.8 Å². The minimum Gasteiger partial charge on any atom is -0.339 e. The first-order chi connectivity index (χ1) is 13.0. The Morgan fingerprint density at radius 3 is 2.70 bits per heavy atom. The normalized spacial score (nSPS) is 10.5. The van der Waals surface area contributed by atoms with Crippen molar-refractivity contribution < 1.29 is 14.4 Å². The number of carbonyl (C=O) groups excluding carboxylic acids is 1. The fraction of sp³-hybridized carbons (Fsp3) is 0.125. The highest BCUT2D eigenvalue weighted by Gasteiger charge is 2.08. The Hall–Kier alpha value is -3.24. The number of halogens is 2. The molecule has 27 heavy (non-hydrogen) atoms. The third-order valence-corrected chi connectivity index (χ3v) is 3.71. The van der Waals surface area contributed by atoms with Crippen LogP contribution in [-0.4, -0.2) is 30.9 Å². The Kier molecular flexibility index (Phi) is 5.79. The molecular weight excluding hydrogens is 377 g/mol. The van der Waals surface area contributed by atoms with E-state index in [1.807, 2.05) is 0 Å². The minimum absolute atomic E-state index is 0.0841. The van der Waals surface area contributed by atoms with Crippen molar-refractivity contribution in [2.75, 3.05) is 10.6 Å². The summed E-state index contributed by atoms with van der Waals surface area (Å²) in [5.41, 5.74) is 2.79. The Labute approximate surface area is 158 Å². The zero-order valence-corrected chi connectivity index (χ0v) is 14.6. The number of aryl methyl sites for hydroxylation is 1. The number of amides is 1. The molecule has 3 rings (SSSR count). The highest BCUT2D eigenvalue weighted by molar-refractivity contribution is 6.32. The van der Waals surface area contributed by atoms with Gasteiger partial charge in [0, 0.05) is 24.8 Å². The number of anilines is 4. The summed E-state index contributed by atoms with van der Waals surface area (Å²) in [6.07, 6.45) is 4.72. The zero-order chi connectivity index (χ0) is 19.2. The molecule has 0 fully saturated rings. The van der Waals surface area contributed by atoms with Crippen LogP contribution < -0.4 is 16.1 Å². The van der Waals surface area contributed by atoms with E-state index in [0.717, 1.165) is 0 Å². The fourth-order valence-corrected chi connectivity index (χ4v) is 2.27. The number of hydrogen-bond donors (Lipinski definition) is 4. The summed E-state index contributed by atoms with van der Waals surface area (Å²) >= 11 is 6.11. The van der Waals surface area contributed by atoms with Gasteiger partial charge >= 0.3 is 0 Å². The summed E-state index contributed by atoms with van der Waals surface area (Å²) < 4.78 is 14.5. The van der Waals surface area contributed by atoms with Crippen molar-refractivity contribution in [3.63, 3.8) is 0 Å². The molecule has 2 heterocycles. The largest absolute Gasteiger partial charge is 0.339 e. The second-order valence-corrected chi connectivity index (χ2v) is 5.83. The maximum absolute atomic E-state index is 13.0. The van der Waals surface area contributed by atoms with Crippen molar-refractivity contribution >= 4 is 40.6 Å². The lowest BCUT2D eigenvalue weighted by molar-refractivity contribution is -0.129. The van der Waals surface area contributed by atoms with Gasteiger partial charge in [0.05, 0.1) is 18.1 Å². The van der Waals surface area contributed by atoms with Crippen molar-refractivity contribution in [3.8, 4) is 0 Å². The standard InChI is InChI=1S/C16H15ClFN7O2/c17-13-8-19-16(23-15(13)21-11-3-1-10(18)2-4-11)22-12-7-20-25(9-12)6-5-14(26)24-27/h1-4,7-9,27H,5-6H2,(H,24,26)(H2,19,21,22,23). The molecular formula is C16H15ClFN7O2. The lowest BCUT2D eigenvalue weighted by atomic mass is 10.3. The molecule has 11 heteroatoms. The second kappa shape index (κ2) is 8.43. The smallest absolute Gasteiger partial charge is 0.245 e. The lowest BCUT2D eigenvalue weighted by Crippen LogP contribution is -2.20. The first-order valence-electron chi connectivity index (χ1n) is 7.81. The van der Waals surface area contributed by atoms with Gasteiger partial charge in [0.2, 0.25) is 11.9 Å². The van der Waals surface area contributed by atoms with Gasteiger partial charge in [-0.15, -0.1) is 0 Å². The second-order valence-electron chi connectivity index (χ2n) is 5.42. The van der Waals surface area contributed by atoms with E-state index in [1.54, 1.807) is 30.0 Å². The lowest BCUT2D eigenvalue weighted by Gasteiger charge is -2.09. The predicted octanol–water partition coefficient (Wildman–Crippen LogP) is 2.85. The predicted molar refractivity (Wildman–Crippen MR) is 96.8 cm³/mol. The fourth-order valence-electron chi connectivity index (χ4n) is 2.14. The number of aromatic nitrogens is 4. The molecule has 9 nitrogen and oxygen atoms in total. The van der Waals surface area contributed by atoms with Gasteiger partial charge in [0.15, 0.2) is 5.82 Å². The Morgan fingerprint density at radius 2 is 1.96 bits per heavy atom. The van der Waals surface area contributed by atoms with Gasteiger partial charge in [-0.2, -0.15) is 10.1 Å². The van der Waals surface area contributed by atoms with Crippen LogP contribution in [0.25, 0.3) is 0 Å². The van der Waals surface area contributed by atoms with Crippen molar-refractivity contribution in [1.29, 1.82) is 0 Å². The average Bonchev–Trinajstić information content (AvgIpc) is 3.11. The molecule has 0 aliphatic heterocycles. The molecule has 1 amide bonds. The molecule has 0 saturated carbocycles. The average molecular weight is 392 g/mol. The highest BCUT2D eigenvalue weighted by atomic mass is 35.5. The molecule has 1 aromatic carbocycles. The van der Waals surface area contributed by atoms with E-state index in [0.29, 0.717) is 28.8 Å². The number of nitrogens with zero attached hydrogens (tertiary/aromatic N) is 4. The molecule has 0 aliphatic carbocycles. The molecule has 4 N–H and O–H groups in total. The molecule has 0 spiro atoms. The third-order valence-electron chi connectivity index (χ3n) is 3.43. The van der Waals surface area contributed by atoms with Gasteiger partial charge in [-0.3, -0.25) is 14.7 Å². The summed E-state index contributed by atoms with van der Waals surface area (Å²) in [5.74, 6) is -0.216. The Bertz CT molecular complexity index is 933. The van der Waals surface area contributed by atoms with Crippen LogP contribution in [0.3, 0.4) is 0 Å². The first-order valence-corrected chi connectivity index (χ1v) is 8.19. The van der Waals surface area contributed by atoms with Crippen LogP contribution in [0.15, 0.2) is 42.9 Å². The monoisotopic (exact) mass is 391 g/mol. The summed E-state index contributed by atoms with van der Waals surface area (Å²) in [7, 11) is 0. The van der Waals surface area contributed by atoms with Gasteiger partial charge in [-0.1, -0.05) is 11.6 Å². The molecule has 0 bridgehead atoms. The third kappa shape index (κ3) is 5.12. The number of carbonyl (C=O) groups is 1. The van der Waals surface area contributed by atoms with Crippen LogP contribution in [0.2, 0.25) is 5.02 Å². The molecule has 0 atom stereocenters. The van der Waals surface area contributed by atoms with E-state index in [-0.39, 0.29) is 18.2 Å². The van der Waals surface area contributed by atoms with Crippen LogP contribution in [-0.2, 0) is 11.3 Å². The van der Waals surface area contributed by atoms with Crippen molar-refractivity contribution in [3.05, 3.63) is 53.7 Å².